The third-order valence-electron chi connectivity index (χ3n) is 3.65. The molecule has 0 spiro atoms. The average molecular weight is 447 g/mol. The summed E-state index contributed by atoms with van der Waals surface area (Å²) in [6.07, 6.45) is 1.03. The number of sulfonamides is 1. The van der Waals surface area contributed by atoms with E-state index in [1.807, 2.05) is 30.3 Å². The highest BCUT2D eigenvalue weighted by atomic mass is 35.5. The van der Waals surface area contributed by atoms with Gasteiger partial charge in [-0.3, -0.25) is 9.10 Å². The predicted octanol–water partition coefficient (Wildman–Crippen LogP) is 4.06. The molecule has 0 aromatic heterocycles. The summed E-state index contributed by atoms with van der Waals surface area (Å²) in [7, 11) is -3.75. The highest BCUT2D eigenvalue weighted by Crippen LogP contribution is 2.32. The number of thioether (sulfide) groups is 1. The molecule has 0 fully saturated rings. The van der Waals surface area contributed by atoms with Crippen LogP contribution in [0.1, 0.15) is 6.92 Å². The number of halogens is 2. The standard InChI is InChI=1S/C18H20Cl2N2O3S2/c1-13(18(23)21-10-11-26-15-6-4-3-5-7-15)22(27(2,24)25)17-12-14(19)8-9-16(17)20/h3-9,12-13H,10-11H2,1-2H3,(H,21,23). The Morgan fingerprint density at radius 1 is 1.19 bits per heavy atom. The molecule has 0 aliphatic rings. The van der Waals surface area contributed by atoms with E-state index in [1.54, 1.807) is 17.8 Å². The van der Waals surface area contributed by atoms with Crippen molar-refractivity contribution in [3.63, 3.8) is 0 Å². The number of hydrogen-bond donors (Lipinski definition) is 1. The summed E-state index contributed by atoms with van der Waals surface area (Å²) in [5.41, 5.74) is 0.174. The molecule has 27 heavy (non-hydrogen) atoms. The van der Waals surface area contributed by atoms with Gasteiger partial charge in [0.25, 0.3) is 0 Å². The number of anilines is 1. The van der Waals surface area contributed by atoms with Gasteiger partial charge in [0, 0.05) is 22.2 Å². The molecule has 0 radical (unpaired) electrons. The molecule has 2 aromatic carbocycles. The Bertz CT molecular complexity index is 893. The lowest BCUT2D eigenvalue weighted by atomic mass is 10.2. The van der Waals surface area contributed by atoms with Crippen LogP contribution in [0.5, 0.6) is 0 Å². The molecular formula is C18H20Cl2N2O3S2. The summed E-state index contributed by atoms with van der Waals surface area (Å²) in [5, 5.41) is 3.29. The first-order valence-electron chi connectivity index (χ1n) is 8.10. The third kappa shape index (κ3) is 6.31. The van der Waals surface area contributed by atoms with E-state index in [-0.39, 0.29) is 10.7 Å². The molecule has 0 aliphatic heterocycles. The van der Waals surface area contributed by atoms with E-state index in [9.17, 15) is 13.2 Å². The molecule has 0 bridgehead atoms. The Balaban J connectivity index is 2.05. The van der Waals surface area contributed by atoms with E-state index in [4.69, 9.17) is 23.2 Å². The zero-order chi connectivity index (χ0) is 20.0. The van der Waals surface area contributed by atoms with Crippen LogP contribution in [-0.2, 0) is 14.8 Å². The van der Waals surface area contributed by atoms with E-state index in [2.05, 4.69) is 5.32 Å². The second-order valence-electron chi connectivity index (χ2n) is 5.78. The molecule has 1 N–H and O–H groups in total. The highest BCUT2D eigenvalue weighted by Gasteiger charge is 2.30. The van der Waals surface area contributed by atoms with Crippen LogP contribution in [-0.4, -0.2) is 38.9 Å². The second-order valence-corrected chi connectivity index (χ2v) is 9.65. The second kappa shape index (κ2) is 9.68. The zero-order valence-corrected chi connectivity index (χ0v) is 18.0. The van der Waals surface area contributed by atoms with E-state index in [0.717, 1.165) is 15.5 Å². The van der Waals surface area contributed by atoms with Gasteiger partial charge in [-0.15, -0.1) is 11.8 Å². The number of hydrogen-bond acceptors (Lipinski definition) is 4. The van der Waals surface area contributed by atoms with Gasteiger partial charge in [0.2, 0.25) is 15.9 Å². The number of nitrogens with one attached hydrogen (secondary N) is 1. The molecule has 0 aliphatic carbocycles. The number of carbonyl (C=O) groups excluding carboxylic acids is 1. The maximum atomic E-state index is 12.5. The lowest BCUT2D eigenvalue weighted by molar-refractivity contribution is -0.121. The average Bonchev–Trinajstić information content (AvgIpc) is 2.61. The van der Waals surface area contributed by atoms with Crippen LogP contribution < -0.4 is 9.62 Å². The Labute approximate surface area is 174 Å². The Morgan fingerprint density at radius 3 is 2.48 bits per heavy atom. The van der Waals surface area contributed by atoms with Crippen molar-refractivity contribution in [2.75, 3.05) is 22.9 Å². The van der Waals surface area contributed by atoms with Crippen LogP contribution in [0.2, 0.25) is 10.0 Å². The lowest BCUT2D eigenvalue weighted by Crippen LogP contribution is -2.48. The molecule has 0 heterocycles. The molecule has 9 heteroatoms. The molecule has 2 rings (SSSR count). The van der Waals surface area contributed by atoms with Crippen molar-refractivity contribution < 1.29 is 13.2 Å². The Hall–Kier alpha value is -1.41. The predicted molar refractivity (Wildman–Crippen MR) is 113 cm³/mol. The van der Waals surface area contributed by atoms with Crippen molar-refractivity contribution in [2.24, 2.45) is 0 Å². The van der Waals surface area contributed by atoms with Gasteiger partial charge in [0.05, 0.1) is 17.0 Å². The van der Waals surface area contributed by atoms with E-state index in [1.165, 1.54) is 19.1 Å². The molecular weight excluding hydrogens is 427 g/mol. The first-order chi connectivity index (χ1) is 12.7. The number of amides is 1. The van der Waals surface area contributed by atoms with Gasteiger partial charge in [0.1, 0.15) is 6.04 Å². The van der Waals surface area contributed by atoms with Crippen LogP contribution in [0, 0.1) is 0 Å². The Morgan fingerprint density at radius 2 is 1.85 bits per heavy atom. The van der Waals surface area contributed by atoms with Crippen molar-refractivity contribution in [1.29, 1.82) is 0 Å². The first kappa shape index (κ1) is 21.9. The van der Waals surface area contributed by atoms with Crippen molar-refractivity contribution in [1.82, 2.24) is 5.32 Å². The van der Waals surface area contributed by atoms with E-state index in [0.29, 0.717) is 17.3 Å². The van der Waals surface area contributed by atoms with Gasteiger partial charge in [-0.2, -0.15) is 0 Å². The number of nitrogens with zero attached hydrogens (tertiary/aromatic N) is 1. The molecule has 5 nitrogen and oxygen atoms in total. The maximum Gasteiger partial charge on any atom is 0.243 e. The molecule has 2 aromatic rings. The van der Waals surface area contributed by atoms with Crippen LogP contribution in [0.25, 0.3) is 0 Å². The summed E-state index contributed by atoms with van der Waals surface area (Å²) in [6, 6.07) is 13.3. The van der Waals surface area contributed by atoms with Gasteiger partial charge in [-0.05, 0) is 37.3 Å². The van der Waals surface area contributed by atoms with E-state index < -0.39 is 22.0 Å². The molecule has 1 atom stereocenters. The highest BCUT2D eigenvalue weighted by molar-refractivity contribution is 7.99. The topological polar surface area (TPSA) is 66.5 Å². The van der Waals surface area contributed by atoms with Crippen molar-refractivity contribution in [2.45, 2.75) is 17.9 Å². The summed E-state index contributed by atoms with van der Waals surface area (Å²) < 4.78 is 25.6. The van der Waals surface area contributed by atoms with Crippen LogP contribution in [0.15, 0.2) is 53.4 Å². The SMILES string of the molecule is CC(C(=O)NCCSc1ccccc1)N(c1cc(Cl)ccc1Cl)S(C)(=O)=O. The molecule has 146 valence electrons. The monoisotopic (exact) mass is 446 g/mol. The minimum Gasteiger partial charge on any atom is -0.353 e. The number of benzene rings is 2. The summed E-state index contributed by atoms with van der Waals surface area (Å²) in [4.78, 5) is 13.6. The smallest absolute Gasteiger partial charge is 0.243 e. The van der Waals surface area contributed by atoms with Gasteiger partial charge in [-0.1, -0.05) is 41.4 Å². The summed E-state index contributed by atoms with van der Waals surface area (Å²) in [5.74, 6) is 0.254. The molecule has 1 amide bonds. The van der Waals surface area contributed by atoms with Crippen LogP contribution in [0.3, 0.4) is 0 Å². The van der Waals surface area contributed by atoms with E-state index >= 15 is 0 Å². The maximum absolute atomic E-state index is 12.5. The molecule has 0 saturated heterocycles. The lowest BCUT2D eigenvalue weighted by Gasteiger charge is -2.29. The molecule has 1 unspecified atom stereocenters. The van der Waals surface area contributed by atoms with Crippen LogP contribution in [0.4, 0.5) is 5.69 Å². The van der Waals surface area contributed by atoms with Crippen molar-refractivity contribution in [3.8, 4) is 0 Å². The summed E-state index contributed by atoms with van der Waals surface area (Å²) >= 11 is 13.7. The largest absolute Gasteiger partial charge is 0.353 e. The number of rotatable bonds is 8. The van der Waals surface area contributed by atoms with Gasteiger partial charge in [0.15, 0.2) is 0 Å². The fourth-order valence-corrected chi connectivity index (χ4v) is 4.84. The van der Waals surface area contributed by atoms with Gasteiger partial charge < -0.3 is 5.32 Å². The quantitative estimate of drug-likeness (QED) is 0.490. The zero-order valence-electron chi connectivity index (χ0n) is 14.9. The minimum absolute atomic E-state index is 0.174. The van der Waals surface area contributed by atoms with Crippen molar-refractivity contribution >= 4 is 56.6 Å². The number of carbonyl (C=O) groups is 1. The first-order valence-corrected chi connectivity index (χ1v) is 11.7. The fraction of sp³-hybridized carbons (Fsp3) is 0.278. The summed E-state index contributed by atoms with van der Waals surface area (Å²) in [6.45, 7) is 1.92. The Kier molecular flexibility index (Phi) is 7.85. The van der Waals surface area contributed by atoms with Gasteiger partial charge in [-0.25, -0.2) is 8.42 Å². The third-order valence-corrected chi connectivity index (χ3v) is 6.44. The minimum atomic E-state index is -3.75. The van der Waals surface area contributed by atoms with Crippen molar-refractivity contribution in [3.05, 3.63) is 58.6 Å². The van der Waals surface area contributed by atoms with Crippen LogP contribution >= 0.6 is 35.0 Å². The fourth-order valence-electron chi connectivity index (χ4n) is 2.44. The van der Waals surface area contributed by atoms with Gasteiger partial charge >= 0.3 is 0 Å². The normalized spacial score (nSPS) is 12.4. The molecule has 0 saturated carbocycles.